The van der Waals surface area contributed by atoms with Gasteiger partial charge >= 0.3 is 12.1 Å². The molecule has 2 aromatic heterocycles. The van der Waals surface area contributed by atoms with Crippen molar-refractivity contribution in [2.75, 3.05) is 13.6 Å². The molecule has 4 amide bonds. The number of fused-ring (bicyclic) bond motifs is 5. The number of nitrogens with one attached hydrogen (secondary N) is 1. The van der Waals surface area contributed by atoms with Crippen molar-refractivity contribution < 1.29 is 38.6 Å². The lowest BCUT2D eigenvalue weighted by atomic mass is 9.86. The summed E-state index contributed by atoms with van der Waals surface area (Å²) in [6, 6.07) is 6.09. The summed E-state index contributed by atoms with van der Waals surface area (Å²) in [5, 5.41) is 14.6. The fraction of sp³-hybridized carbons (Fsp3) is 0.487. The number of aliphatic hydroxyl groups is 1. The van der Waals surface area contributed by atoms with E-state index in [1.807, 2.05) is 6.92 Å². The number of primary amides is 1. The second-order valence-corrected chi connectivity index (χ2v) is 13.9. The van der Waals surface area contributed by atoms with Crippen molar-refractivity contribution in [1.82, 2.24) is 19.8 Å². The maximum Gasteiger partial charge on any atom is 0.415 e. The highest BCUT2D eigenvalue weighted by Crippen LogP contribution is 2.40. The van der Waals surface area contributed by atoms with E-state index in [2.05, 4.69) is 17.2 Å². The van der Waals surface area contributed by atoms with Crippen molar-refractivity contribution in [1.29, 1.82) is 0 Å². The van der Waals surface area contributed by atoms with Crippen molar-refractivity contribution in [2.45, 2.75) is 110 Å². The summed E-state index contributed by atoms with van der Waals surface area (Å²) in [7, 11) is 1.51. The number of aryl methyl sites for hydroxylation is 1. The molecule has 15 heteroatoms. The van der Waals surface area contributed by atoms with Gasteiger partial charge in [-0.05, 0) is 56.0 Å². The number of ether oxygens (including phenoxy) is 2. The molecular formula is C39H48N6O9. The van der Waals surface area contributed by atoms with Gasteiger partial charge in [-0.1, -0.05) is 46.5 Å². The van der Waals surface area contributed by atoms with Gasteiger partial charge in [0.05, 0.1) is 35.4 Å². The molecule has 0 saturated carbocycles. The molecular weight excluding hydrogens is 696 g/mol. The Morgan fingerprint density at radius 1 is 1.11 bits per heavy atom. The molecule has 2 atom stereocenters. The highest BCUT2D eigenvalue weighted by atomic mass is 16.6. The summed E-state index contributed by atoms with van der Waals surface area (Å²) < 4.78 is 12.5. The van der Waals surface area contributed by atoms with Crippen molar-refractivity contribution in [3.8, 4) is 17.1 Å². The molecule has 0 saturated heterocycles. The first-order chi connectivity index (χ1) is 25.7. The Labute approximate surface area is 312 Å². The van der Waals surface area contributed by atoms with Crippen LogP contribution in [-0.4, -0.2) is 74.7 Å². The van der Waals surface area contributed by atoms with Crippen LogP contribution in [0.3, 0.4) is 0 Å². The van der Waals surface area contributed by atoms with E-state index in [1.54, 1.807) is 42.7 Å². The molecule has 4 heterocycles. The number of aromatic nitrogens is 2. The normalized spacial score (nSPS) is 16.6. The fourth-order valence-electron chi connectivity index (χ4n) is 7.05. The minimum absolute atomic E-state index is 0.0312. The zero-order chi connectivity index (χ0) is 39.3. The van der Waals surface area contributed by atoms with Gasteiger partial charge in [0.2, 0.25) is 11.8 Å². The average Bonchev–Trinajstić information content (AvgIpc) is 3.50. The van der Waals surface area contributed by atoms with Crippen LogP contribution in [-0.2, 0) is 49.1 Å². The van der Waals surface area contributed by atoms with Crippen LogP contribution in [0.15, 0.2) is 34.1 Å². The molecule has 15 nitrogen and oxygen atoms in total. The number of pyridine rings is 2. The van der Waals surface area contributed by atoms with Gasteiger partial charge in [-0.3, -0.25) is 19.2 Å². The fourth-order valence-corrected chi connectivity index (χ4v) is 7.05. The minimum atomic E-state index is -1.93. The van der Waals surface area contributed by atoms with Crippen LogP contribution in [0.1, 0.15) is 101 Å². The number of carbonyl (C=O) groups excluding carboxylic acids is 5. The van der Waals surface area contributed by atoms with E-state index in [0.717, 1.165) is 42.2 Å². The van der Waals surface area contributed by atoms with Gasteiger partial charge in [0.1, 0.15) is 18.1 Å². The number of amides is 4. The predicted molar refractivity (Wildman–Crippen MR) is 200 cm³/mol. The van der Waals surface area contributed by atoms with E-state index in [9.17, 15) is 33.9 Å². The van der Waals surface area contributed by atoms with Gasteiger partial charge in [0.25, 0.3) is 11.5 Å². The summed E-state index contributed by atoms with van der Waals surface area (Å²) in [6.07, 6.45) is 4.23. The molecule has 3 aromatic rings. The number of rotatable bonds is 15. The highest BCUT2D eigenvalue weighted by molar-refractivity contribution is 6.43. The van der Waals surface area contributed by atoms with Gasteiger partial charge in [0.15, 0.2) is 5.60 Å². The number of aliphatic imine (C=N–C) groups is 1. The van der Waals surface area contributed by atoms with E-state index < -0.39 is 47.8 Å². The molecule has 5 rings (SSSR count). The lowest BCUT2D eigenvalue weighted by molar-refractivity contribution is -0.172. The average molecular weight is 745 g/mol. The highest BCUT2D eigenvalue weighted by Gasteiger charge is 2.45. The van der Waals surface area contributed by atoms with Crippen molar-refractivity contribution in [3.05, 3.63) is 56.9 Å². The van der Waals surface area contributed by atoms with E-state index in [1.165, 1.54) is 11.9 Å². The van der Waals surface area contributed by atoms with Crippen molar-refractivity contribution in [2.24, 2.45) is 10.7 Å². The predicted octanol–water partition coefficient (Wildman–Crippen LogP) is 3.78. The number of likely N-dealkylation sites (N-methyl/N-ethyl adjacent to an activating group) is 1. The number of esters is 1. The summed E-state index contributed by atoms with van der Waals surface area (Å²) in [5.74, 6) is -2.56. The van der Waals surface area contributed by atoms with Crippen LogP contribution in [0, 0.1) is 0 Å². The molecule has 4 N–H and O–H groups in total. The van der Waals surface area contributed by atoms with Gasteiger partial charge in [0, 0.05) is 42.6 Å². The van der Waals surface area contributed by atoms with Gasteiger partial charge < -0.3 is 35.1 Å². The molecule has 2 aliphatic heterocycles. The number of nitrogens with zero attached hydrogens (tertiary/aromatic N) is 4. The Balaban J connectivity index is 1.29. The first-order valence-electron chi connectivity index (χ1n) is 18.5. The number of benzene rings is 1. The minimum Gasteiger partial charge on any atom is -0.458 e. The third kappa shape index (κ3) is 8.20. The molecule has 0 aliphatic carbocycles. The molecule has 2 aliphatic rings. The monoisotopic (exact) mass is 744 g/mol. The second kappa shape index (κ2) is 16.7. The summed E-state index contributed by atoms with van der Waals surface area (Å²) >= 11 is 0. The van der Waals surface area contributed by atoms with Crippen LogP contribution in [0.25, 0.3) is 22.3 Å². The maximum absolute atomic E-state index is 13.6. The Bertz CT molecular complexity index is 2090. The Morgan fingerprint density at radius 2 is 1.85 bits per heavy atom. The van der Waals surface area contributed by atoms with E-state index in [4.69, 9.17) is 20.2 Å². The molecule has 0 fully saturated rings. The molecule has 1 aromatic carbocycles. The van der Waals surface area contributed by atoms with Crippen LogP contribution in [0.5, 0.6) is 5.75 Å². The first-order valence-corrected chi connectivity index (χ1v) is 18.5. The topological polar surface area (TPSA) is 213 Å². The van der Waals surface area contributed by atoms with Crippen molar-refractivity contribution in [3.63, 3.8) is 0 Å². The van der Waals surface area contributed by atoms with E-state index in [-0.39, 0.29) is 60.7 Å². The summed E-state index contributed by atoms with van der Waals surface area (Å²) in [5.41, 5.74) is 6.62. The van der Waals surface area contributed by atoms with Crippen LogP contribution < -0.4 is 21.3 Å². The number of hydrogen-bond acceptors (Lipinski definition) is 10. The smallest absolute Gasteiger partial charge is 0.415 e. The van der Waals surface area contributed by atoms with Crippen LogP contribution in [0.4, 0.5) is 4.79 Å². The Kier molecular flexibility index (Phi) is 12.3. The summed E-state index contributed by atoms with van der Waals surface area (Å²) in [6.45, 7) is 7.42. The quantitative estimate of drug-likeness (QED) is 0.0910. The number of carbonyl (C=O) groups is 5. The first kappa shape index (κ1) is 39.8. The Morgan fingerprint density at radius 3 is 2.54 bits per heavy atom. The van der Waals surface area contributed by atoms with E-state index >= 15 is 0 Å². The lowest BCUT2D eigenvalue weighted by Crippen LogP contribution is -2.46. The van der Waals surface area contributed by atoms with Crippen molar-refractivity contribution >= 4 is 46.4 Å². The summed E-state index contributed by atoms with van der Waals surface area (Å²) in [4.78, 5) is 86.4. The molecule has 0 spiro atoms. The number of cyclic esters (lactones) is 1. The molecule has 0 unspecified atom stereocenters. The third-order valence-corrected chi connectivity index (χ3v) is 9.93. The standard InChI is InChI=1S/C39H48N6O9/c1-6-9-10-11-12-13-33(47)42-30(18-32(40)46)35(48)41-22(4)19-44(5)38(51)54-23-14-15-29-25(16-23)24(7-2)26-20-45-31(34(26)43-29)17-28-27(36(45)49)21-53-37(50)39(28,52)8-3/h14-17,22,52H,6-13,18-21H2,1-5H3,(H2,40,46)(H,41,48)/b42-30+/t22-,39+/m1/s1. The van der Waals surface area contributed by atoms with E-state index in [0.29, 0.717) is 29.7 Å². The zero-order valence-electron chi connectivity index (χ0n) is 31.5. The Hall–Kier alpha value is -5.44. The van der Waals surface area contributed by atoms with Gasteiger partial charge in [-0.25, -0.2) is 19.6 Å². The molecule has 0 radical (unpaired) electrons. The zero-order valence-corrected chi connectivity index (χ0v) is 31.5. The molecule has 288 valence electrons. The number of nitrogens with two attached hydrogens (primary N) is 1. The SMILES string of the molecule is CCCCCCCC(=O)/N=C(\CC(N)=O)C(=O)N[C@H](C)CN(C)C(=O)Oc1ccc2nc3c(c(CC)c2c1)Cn1c-3cc2c(c1=O)COC(=O)[C@]2(O)CC. The van der Waals surface area contributed by atoms with Crippen LogP contribution in [0.2, 0.25) is 0 Å². The molecule has 54 heavy (non-hydrogen) atoms. The third-order valence-electron chi connectivity index (χ3n) is 9.93. The maximum atomic E-state index is 13.6. The van der Waals surface area contributed by atoms with Gasteiger partial charge in [-0.2, -0.15) is 0 Å². The lowest BCUT2D eigenvalue weighted by Gasteiger charge is -2.31. The number of unbranched alkanes of at least 4 members (excludes halogenated alkanes) is 4. The van der Waals surface area contributed by atoms with Gasteiger partial charge in [-0.15, -0.1) is 0 Å². The largest absolute Gasteiger partial charge is 0.458 e. The second-order valence-electron chi connectivity index (χ2n) is 13.9. The number of hydrogen-bond donors (Lipinski definition) is 3. The van der Waals surface area contributed by atoms with Crippen LogP contribution >= 0.6 is 0 Å². The molecule has 0 bridgehead atoms.